The van der Waals surface area contributed by atoms with Crippen molar-refractivity contribution in [3.05, 3.63) is 23.8 Å². The molecule has 1 saturated heterocycles. The van der Waals surface area contributed by atoms with E-state index in [9.17, 15) is 4.79 Å². The van der Waals surface area contributed by atoms with Gasteiger partial charge in [-0.15, -0.1) is 0 Å². The van der Waals surface area contributed by atoms with Crippen molar-refractivity contribution in [1.82, 2.24) is 24.5 Å². The first-order valence-electron chi connectivity index (χ1n) is 8.69. The molecule has 25 heavy (non-hydrogen) atoms. The number of carbonyl (C=O) groups is 1. The monoisotopic (exact) mass is 362 g/mol. The van der Waals surface area contributed by atoms with E-state index in [0.717, 1.165) is 36.9 Å². The number of nitrogens with one attached hydrogen (secondary N) is 1. The molecule has 0 radical (unpaired) electrons. The lowest BCUT2D eigenvalue weighted by atomic mass is 9.96. The van der Waals surface area contributed by atoms with Crippen molar-refractivity contribution in [3.8, 4) is 0 Å². The highest BCUT2D eigenvalue weighted by molar-refractivity contribution is 7.09. The zero-order chi connectivity index (χ0) is 18.0. The van der Waals surface area contributed by atoms with Crippen molar-refractivity contribution in [2.75, 3.05) is 24.5 Å². The van der Waals surface area contributed by atoms with Crippen LogP contribution in [0.5, 0.6) is 0 Å². The predicted octanol–water partition coefficient (Wildman–Crippen LogP) is 2.22. The second kappa shape index (κ2) is 7.11. The van der Waals surface area contributed by atoms with Crippen LogP contribution >= 0.6 is 11.5 Å². The predicted molar refractivity (Wildman–Crippen MR) is 99.1 cm³/mol. The molecule has 0 saturated carbocycles. The average molecular weight is 363 g/mol. The summed E-state index contributed by atoms with van der Waals surface area (Å²) in [7, 11) is 1.81. The smallest absolute Gasteiger partial charge is 0.254 e. The number of rotatable bonds is 4. The maximum Gasteiger partial charge on any atom is 0.254 e. The van der Waals surface area contributed by atoms with Crippen LogP contribution in [0, 0.1) is 5.92 Å². The Bertz CT molecular complexity index is 724. The van der Waals surface area contributed by atoms with Gasteiger partial charge in [0.15, 0.2) is 0 Å². The van der Waals surface area contributed by atoms with Crippen LogP contribution in [0.25, 0.3) is 0 Å². The third-order valence-corrected chi connectivity index (χ3v) is 5.27. The van der Waals surface area contributed by atoms with Gasteiger partial charge in [-0.1, -0.05) is 20.8 Å². The van der Waals surface area contributed by atoms with Gasteiger partial charge in [-0.3, -0.25) is 9.48 Å². The topological polar surface area (TPSA) is 75.9 Å². The maximum atomic E-state index is 12.1. The molecule has 8 heteroatoms. The van der Waals surface area contributed by atoms with Gasteiger partial charge in [0.2, 0.25) is 5.13 Å². The molecule has 3 rings (SSSR count). The third kappa shape index (κ3) is 4.36. The van der Waals surface area contributed by atoms with Gasteiger partial charge in [-0.05, 0) is 18.8 Å². The standard InChI is InChI=1S/C17H26N6OS/c1-17(2,3)15-20-16(25-21-15)23-7-5-12(6-8-23)9-18-14(24)13-10-19-22(4)11-13/h10-12H,5-9H2,1-4H3,(H,18,24). The minimum Gasteiger partial charge on any atom is -0.352 e. The van der Waals surface area contributed by atoms with E-state index in [4.69, 9.17) is 4.98 Å². The molecular weight excluding hydrogens is 336 g/mol. The van der Waals surface area contributed by atoms with Crippen molar-refractivity contribution in [2.45, 2.75) is 39.0 Å². The van der Waals surface area contributed by atoms with Crippen LogP contribution in [0.3, 0.4) is 0 Å². The summed E-state index contributed by atoms with van der Waals surface area (Å²) >= 11 is 1.49. The largest absolute Gasteiger partial charge is 0.352 e. The van der Waals surface area contributed by atoms with E-state index in [1.54, 1.807) is 17.1 Å². The number of amides is 1. The van der Waals surface area contributed by atoms with Crippen LogP contribution in [0.2, 0.25) is 0 Å². The van der Waals surface area contributed by atoms with Crippen molar-refractivity contribution >= 4 is 22.6 Å². The summed E-state index contributed by atoms with van der Waals surface area (Å²) < 4.78 is 6.14. The second-order valence-corrected chi connectivity index (χ2v) is 8.42. The Labute approximate surface area is 152 Å². The average Bonchev–Trinajstić information content (AvgIpc) is 3.22. The SMILES string of the molecule is Cn1cc(C(=O)NCC2CCN(c3nc(C(C)(C)C)ns3)CC2)cn1. The first-order chi connectivity index (χ1) is 11.8. The summed E-state index contributed by atoms with van der Waals surface area (Å²) in [6, 6.07) is 0. The summed E-state index contributed by atoms with van der Waals surface area (Å²) in [4.78, 5) is 19.1. The summed E-state index contributed by atoms with van der Waals surface area (Å²) in [6.07, 6.45) is 5.44. The summed E-state index contributed by atoms with van der Waals surface area (Å²) in [6.45, 7) is 9.05. The molecule has 2 aromatic rings. The maximum absolute atomic E-state index is 12.1. The van der Waals surface area contributed by atoms with E-state index in [2.05, 4.69) is 40.5 Å². The Morgan fingerprint density at radius 2 is 2.08 bits per heavy atom. The van der Waals surface area contributed by atoms with E-state index < -0.39 is 0 Å². The Morgan fingerprint density at radius 1 is 1.36 bits per heavy atom. The highest BCUT2D eigenvalue weighted by Gasteiger charge is 2.25. The van der Waals surface area contributed by atoms with E-state index >= 15 is 0 Å². The fraction of sp³-hybridized carbons (Fsp3) is 0.647. The fourth-order valence-corrected chi connectivity index (χ4v) is 3.76. The highest BCUT2D eigenvalue weighted by atomic mass is 32.1. The van der Waals surface area contributed by atoms with Crippen LogP contribution in [0.1, 0.15) is 49.8 Å². The second-order valence-electron chi connectivity index (χ2n) is 7.69. The number of piperidine rings is 1. The molecule has 0 atom stereocenters. The number of hydrogen-bond acceptors (Lipinski definition) is 6. The van der Waals surface area contributed by atoms with Crippen LogP contribution in [-0.2, 0) is 12.5 Å². The van der Waals surface area contributed by atoms with Crippen molar-refractivity contribution in [1.29, 1.82) is 0 Å². The number of nitrogens with zero attached hydrogens (tertiary/aromatic N) is 5. The minimum absolute atomic E-state index is 0.0103. The Balaban J connectivity index is 1.47. The van der Waals surface area contributed by atoms with Crippen molar-refractivity contribution < 1.29 is 4.79 Å². The molecule has 1 fully saturated rings. The molecule has 136 valence electrons. The molecule has 7 nitrogen and oxygen atoms in total. The summed E-state index contributed by atoms with van der Waals surface area (Å²) in [5, 5.41) is 8.07. The fourth-order valence-electron chi connectivity index (χ4n) is 2.85. The lowest BCUT2D eigenvalue weighted by Gasteiger charge is -2.31. The number of aryl methyl sites for hydroxylation is 1. The Kier molecular flexibility index (Phi) is 5.08. The molecule has 0 aromatic carbocycles. The van der Waals surface area contributed by atoms with Gasteiger partial charge in [0, 0.05) is 49.8 Å². The van der Waals surface area contributed by atoms with Crippen molar-refractivity contribution in [2.24, 2.45) is 13.0 Å². The third-order valence-electron chi connectivity index (χ3n) is 4.49. The highest BCUT2D eigenvalue weighted by Crippen LogP contribution is 2.28. The molecule has 0 spiro atoms. The molecule has 2 aromatic heterocycles. The number of carbonyl (C=O) groups excluding carboxylic acids is 1. The lowest BCUT2D eigenvalue weighted by Crippen LogP contribution is -2.38. The molecule has 0 aliphatic carbocycles. The molecule has 1 N–H and O–H groups in total. The van der Waals surface area contributed by atoms with Crippen molar-refractivity contribution in [3.63, 3.8) is 0 Å². The van der Waals surface area contributed by atoms with Gasteiger partial charge in [-0.25, -0.2) is 4.98 Å². The van der Waals surface area contributed by atoms with Gasteiger partial charge in [0.05, 0.1) is 11.8 Å². The normalized spacial score (nSPS) is 16.2. The molecular formula is C17H26N6OS. The molecule has 0 unspecified atom stereocenters. The van der Waals surface area contributed by atoms with Crippen LogP contribution in [0.4, 0.5) is 5.13 Å². The molecule has 0 bridgehead atoms. The summed E-state index contributed by atoms with van der Waals surface area (Å²) in [5.41, 5.74) is 0.604. The molecule has 1 amide bonds. The number of hydrogen-bond donors (Lipinski definition) is 1. The van der Waals surface area contributed by atoms with E-state index in [0.29, 0.717) is 18.0 Å². The van der Waals surface area contributed by atoms with Crippen LogP contribution in [0.15, 0.2) is 12.4 Å². The van der Waals surface area contributed by atoms with Gasteiger partial charge >= 0.3 is 0 Å². The quantitative estimate of drug-likeness (QED) is 0.902. The van der Waals surface area contributed by atoms with Crippen LogP contribution < -0.4 is 10.2 Å². The van der Waals surface area contributed by atoms with E-state index in [1.807, 2.05) is 7.05 Å². The van der Waals surface area contributed by atoms with Gasteiger partial charge in [-0.2, -0.15) is 9.47 Å². The molecule has 1 aliphatic heterocycles. The first kappa shape index (κ1) is 17.8. The van der Waals surface area contributed by atoms with Gasteiger partial charge in [0.25, 0.3) is 5.91 Å². The van der Waals surface area contributed by atoms with E-state index in [1.165, 1.54) is 11.5 Å². The Morgan fingerprint density at radius 3 is 2.64 bits per heavy atom. The summed E-state index contributed by atoms with van der Waals surface area (Å²) in [5.74, 6) is 1.37. The zero-order valence-corrected chi connectivity index (χ0v) is 16.1. The molecule has 1 aliphatic rings. The van der Waals surface area contributed by atoms with E-state index in [-0.39, 0.29) is 11.3 Å². The zero-order valence-electron chi connectivity index (χ0n) is 15.3. The minimum atomic E-state index is -0.0468. The van der Waals surface area contributed by atoms with Gasteiger partial charge in [0.1, 0.15) is 5.82 Å². The molecule has 3 heterocycles. The lowest BCUT2D eigenvalue weighted by molar-refractivity contribution is 0.0945. The number of aromatic nitrogens is 4. The Hall–Kier alpha value is -1.96. The number of anilines is 1. The van der Waals surface area contributed by atoms with Crippen LogP contribution in [-0.4, -0.2) is 44.7 Å². The first-order valence-corrected chi connectivity index (χ1v) is 9.46. The van der Waals surface area contributed by atoms with Gasteiger partial charge < -0.3 is 10.2 Å².